The van der Waals surface area contributed by atoms with Crippen molar-refractivity contribution in [1.29, 1.82) is 0 Å². The van der Waals surface area contributed by atoms with Gasteiger partial charge in [-0.05, 0) is 27.7 Å². The lowest BCUT2D eigenvalue weighted by Crippen LogP contribution is -2.50. The largest absolute Gasteiger partial charge is 0.446 e. The lowest BCUT2D eigenvalue weighted by Gasteiger charge is -2.35. The summed E-state index contributed by atoms with van der Waals surface area (Å²) in [6.45, 7) is 9.39. The van der Waals surface area contributed by atoms with Crippen molar-refractivity contribution >= 4 is 6.09 Å². The predicted octanol–water partition coefficient (Wildman–Crippen LogP) is 1.86. The molecule has 1 aromatic rings. The van der Waals surface area contributed by atoms with Gasteiger partial charge in [0, 0.05) is 19.6 Å². The fraction of sp³-hybridized carbons (Fsp3) is 0.692. The van der Waals surface area contributed by atoms with Crippen LogP contribution in [0.3, 0.4) is 0 Å². The zero-order valence-corrected chi connectivity index (χ0v) is 11.9. The molecule has 1 unspecified atom stereocenters. The second-order valence-electron chi connectivity index (χ2n) is 5.72. The van der Waals surface area contributed by atoms with E-state index < -0.39 is 5.60 Å². The second-order valence-corrected chi connectivity index (χ2v) is 5.72. The molecule has 0 aromatic carbocycles. The zero-order valence-electron chi connectivity index (χ0n) is 11.9. The molecule has 0 spiro atoms. The number of nitrogens with one attached hydrogen (secondary N) is 1. The van der Waals surface area contributed by atoms with Crippen LogP contribution in [0, 0.1) is 6.92 Å². The molecule has 6 nitrogen and oxygen atoms in total. The highest BCUT2D eigenvalue weighted by molar-refractivity contribution is 5.68. The van der Waals surface area contributed by atoms with Crippen LogP contribution in [0.1, 0.15) is 38.4 Å². The van der Waals surface area contributed by atoms with E-state index in [0.717, 1.165) is 12.2 Å². The van der Waals surface area contributed by atoms with Crippen LogP contribution in [-0.2, 0) is 4.74 Å². The first-order chi connectivity index (χ1) is 8.87. The minimum atomic E-state index is -0.501. The molecule has 0 bridgehead atoms. The van der Waals surface area contributed by atoms with Gasteiger partial charge >= 0.3 is 6.09 Å². The summed E-state index contributed by atoms with van der Waals surface area (Å²) in [7, 11) is 0. The van der Waals surface area contributed by atoms with Crippen molar-refractivity contribution in [2.45, 2.75) is 39.3 Å². The molecule has 1 aromatic heterocycles. The van der Waals surface area contributed by atoms with E-state index in [-0.39, 0.29) is 12.1 Å². The van der Waals surface area contributed by atoms with Crippen LogP contribution in [0.5, 0.6) is 0 Å². The van der Waals surface area contributed by atoms with Gasteiger partial charge in [0.05, 0.1) is 5.69 Å². The van der Waals surface area contributed by atoms with Crippen LogP contribution in [0.15, 0.2) is 10.7 Å². The highest BCUT2D eigenvalue weighted by Gasteiger charge is 2.33. The third-order valence-corrected chi connectivity index (χ3v) is 2.79. The summed E-state index contributed by atoms with van der Waals surface area (Å²) in [5, 5.41) is 3.24. The molecule has 0 radical (unpaired) electrons. The van der Waals surface area contributed by atoms with Gasteiger partial charge in [0.15, 0.2) is 0 Å². The maximum atomic E-state index is 12.2. The van der Waals surface area contributed by atoms with Gasteiger partial charge in [-0.2, -0.15) is 0 Å². The molecule has 1 atom stereocenters. The Labute approximate surface area is 113 Å². The molecule has 1 fully saturated rings. The number of hydrogen-bond acceptors (Lipinski definition) is 5. The summed E-state index contributed by atoms with van der Waals surface area (Å²) in [6, 6.07) is -0.211. The maximum Gasteiger partial charge on any atom is 0.411 e. The van der Waals surface area contributed by atoms with Gasteiger partial charge in [-0.1, -0.05) is 0 Å². The first kappa shape index (κ1) is 13.9. The molecule has 1 aliphatic rings. The van der Waals surface area contributed by atoms with Crippen LogP contribution < -0.4 is 5.32 Å². The standard InChI is InChI=1S/C13H21N3O3/c1-9-8-18-11(15-9)10-7-14-5-6-16(10)12(17)19-13(2,3)4/h8,10,14H,5-7H2,1-4H3. The van der Waals surface area contributed by atoms with Gasteiger partial charge in [-0.25, -0.2) is 9.78 Å². The molecule has 2 heterocycles. The zero-order chi connectivity index (χ0) is 14.0. The van der Waals surface area contributed by atoms with Crippen molar-refractivity contribution in [1.82, 2.24) is 15.2 Å². The molecule has 6 heteroatoms. The summed E-state index contributed by atoms with van der Waals surface area (Å²) in [6.07, 6.45) is 1.27. The quantitative estimate of drug-likeness (QED) is 0.841. The number of carbonyl (C=O) groups is 1. The molecule has 0 aliphatic carbocycles. The van der Waals surface area contributed by atoms with Crippen LogP contribution in [0.4, 0.5) is 4.79 Å². The average Bonchev–Trinajstić information content (AvgIpc) is 2.73. The van der Waals surface area contributed by atoms with Gasteiger partial charge in [0.2, 0.25) is 5.89 Å². The summed E-state index contributed by atoms with van der Waals surface area (Å²) < 4.78 is 10.8. The predicted molar refractivity (Wildman–Crippen MR) is 69.8 cm³/mol. The highest BCUT2D eigenvalue weighted by Crippen LogP contribution is 2.23. The number of hydrogen-bond donors (Lipinski definition) is 1. The maximum absolute atomic E-state index is 12.2. The van der Waals surface area contributed by atoms with Crippen molar-refractivity contribution in [3.05, 3.63) is 17.8 Å². The van der Waals surface area contributed by atoms with E-state index in [1.807, 2.05) is 27.7 Å². The fourth-order valence-corrected chi connectivity index (χ4v) is 1.99. The van der Waals surface area contributed by atoms with Crippen molar-refractivity contribution in [3.8, 4) is 0 Å². The minimum Gasteiger partial charge on any atom is -0.446 e. The third kappa shape index (κ3) is 3.47. The summed E-state index contributed by atoms with van der Waals surface area (Å²) >= 11 is 0. The molecular weight excluding hydrogens is 246 g/mol. The van der Waals surface area contributed by atoms with Crippen molar-refractivity contribution in [2.75, 3.05) is 19.6 Å². The molecule has 0 saturated carbocycles. The summed E-state index contributed by atoms with van der Waals surface area (Å²) in [4.78, 5) is 18.2. The van der Waals surface area contributed by atoms with Gasteiger partial charge in [0.25, 0.3) is 0 Å². The Kier molecular flexibility index (Phi) is 3.80. The molecule has 2 rings (SSSR count). The second kappa shape index (κ2) is 5.21. The normalized spacial score (nSPS) is 20.4. The summed E-state index contributed by atoms with van der Waals surface area (Å²) in [5.74, 6) is 0.551. The Bertz CT molecular complexity index is 450. The SMILES string of the molecule is Cc1coc(C2CNCCN2C(=O)OC(C)(C)C)n1. The highest BCUT2D eigenvalue weighted by atomic mass is 16.6. The van der Waals surface area contributed by atoms with Crippen molar-refractivity contribution in [3.63, 3.8) is 0 Å². The lowest BCUT2D eigenvalue weighted by atomic mass is 10.2. The molecular formula is C13H21N3O3. The van der Waals surface area contributed by atoms with Crippen LogP contribution in [0.25, 0.3) is 0 Å². The van der Waals surface area contributed by atoms with E-state index in [4.69, 9.17) is 9.15 Å². The number of aryl methyl sites for hydroxylation is 1. The number of aromatic nitrogens is 1. The Hall–Kier alpha value is -1.56. The molecule has 106 valence electrons. The van der Waals surface area contributed by atoms with Gasteiger partial charge in [-0.3, -0.25) is 4.90 Å². The Morgan fingerprint density at radius 2 is 2.32 bits per heavy atom. The van der Waals surface area contributed by atoms with Gasteiger partial charge in [-0.15, -0.1) is 0 Å². The molecule has 1 N–H and O–H groups in total. The molecule has 19 heavy (non-hydrogen) atoms. The van der Waals surface area contributed by atoms with E-state index in [0.29, 0.717) is 19.0 Å². The molecule has 1 amide bonds. The number of rotatable bonds is 1. The number of nitrogens with zero attached hydrogens (tertiary/aromatic N) is 2. The van der Waals surface area contributed by atoms with Crippen molar-refractivity contribution < 1.29 is 13.9 Å². The van der Waals surface area contributed by atoms with E-state index in [9.17, 15) is 4.79 Å². The van der Waals surface area contributed by atoms with Crippen molar-refractivity contribution in [2.24, 2.45) is 0 Å². The molecule has 1 saturated heterocycles. The minimum absolute atomic E-state index is 0.211. The van der Waals surface area contributed by atoms with Gasteiger partial charge < -0.3 is 14.5 Å². The smallest absolute Gasteiger partial charge is 0.411 e. The Balaban J connectivity index is 2.14. The Morgan fingerprint density at radius 3 is 2.89 bits per heavy atom. The van der Waals surface area contributed by atoms with E-state index in [2.05, 4.69) is 10.3 Å². The monoisotopic (exact) mass is 267 g/mol. The first-order valence-electron chi connectivity index (χ1n) is 6.49. The van der Waals surface area contributed by atoms with Gasteiger partial charge in [0.1, 0.15) is 17.9 Å². The number of oxazole rings is 1. The number of piperazine rings is 1. The number of amides is 1. The number of carbonyl (C=O) groups excluding carboxylic acids is 1. The van der Waals surface area contributed by atoms with E-state index in [1.54, 1.807) is 11.2 Å². The average molecular weight is 267 g/mol. The fourth-order valence-electron chi connectivity index (χ4n) is 1.99. The topological polar surface area (TPSA) is 67.6 Å². The van der Waals surface area contributed by atoms with Crippen LogP contribution in [-0.4, -0.2) is 41.2 Å². The van der Waals surface area contributed by atoms with Crippen LogP contribution >= 0.6 is 0 Å². The van der Waals surface area contributed by atoms with Crippen LogP contribution in [0.2, 0.25) is 0 Å². The van der Waals surface area contributed by atoms with E-state index >= 15 is 0 Å². The number of ether oxygens (including phenoxy) is 1. The first-order valence-corrected chi connectivity index (χ1v) is 6.49. The summed E-state index contributed by atoms with van der Waals surface area (Å²) in [5.41, 5.74) is 0.309. The Morgan fingerprint density at radius 1 is 1.58 bits per heavy atom. The molecule has 1 aliphatic heterocycles. The van der Waals surface area contributed by atoms with E-state index in [1.165, 1.54) is 0 Å². The lowest BCUT2D eigenvalue weighted by molar-refractivity contribution is 0.00864. The third-order valence-electron chi connectivity index (χ3n) is 2.79.